The van der Waals surface area contributed by atoms with Crippen LogP contribution in [0.1, 0.15) is 12.0 Å². The molecule has 2 rings (SSSR count). The molecule has 16 heavy (non-hydrogen) atoms. The number of benzene rings is 1. The van der Waals surface area contributed by atoms with Gasteiger partial charge in [0.15, 0.2) is 0 Å². The van der Waals surface area contributed by atoms with Crippen molar-refractivity contribution in [2.45, 2.75) is 17.9 Å². The highest BCUT2D eigenvalue weighted by Crippen LogP contribution is 2.30. The zero-order valence-corrected chi connectivity index (χ0v) is 12.4. The van der Waals surface area contributed by atoms with Crippen LogP contribution >= 0.6 is 31.9 Å². The molecule has 1 unspecified atom stereocenters. The molecule has 1 aliphatic heterocycles. The Morgan fingerprint density at radius 2 is 2.31 bits per heavy atom. The highest BCUT2D eigenvalue weighted by Gasteiger charge is 2.23. The number of alkyl halides is 1. The van der Waals surface area contributed by atoms with E-state index in [2.05, 4.69) is 55.0 Å². The molecule has 1 saturated heterocycles. The van der Waals surface area contributed by atoms with Crippen molar-refractivity contribution in [3.8, 4) is 0 Å². The first-order valence-electron chi connectivity index (χ1n) is 5.36. The molecule has 1 aromatic rings. The monoisotopic (exact) mass is 347 g/mol. The minimum atomic E-state index is 0.378. The maximum atomic E-state index is 5.38. The molecule has 0 spiro atoms. The summed E-state index contributed by atoms with van der Waals surface area (Å²) in [6, 6.07) is 6.51. The fourth-order valence-electron chi connectivity index (χ4n) is 2.03. The maximum absolute atomic E-state index is 5.38. The maximum Gasteiger partial charge on any atom is 0.0762 e. The summed E-state index contributed by atoms with van der Waals surface area (Å²) in [7, 11) is 1.79. The Labute approximate surface area is 113 Å². The first-order valence-corrected chi connectivity index (χ1v) is 7.28. The van der Waals surface area contributed by atoms with E-state index in [0.717, 1.165) is 24.8 Å². The standard InChI is InChI=1S/C12H15Br2NO/c1-16-10-4-5-15(8-10)12-3-2-9(7-13)6-11(12)14/h2-3,6,10H,4-5,7-8H2,1H3. The molecule has 0 bridgehead atoms. The van der Waals surface area contributed by atoms with E-state index in [9.17, 15) is 0 Å². The number of halogens is 2. The van der Waals surface area contributed by atoms with Crippen molar-refractivity contribution in [1.82, 2.24) is 0 Å². The summed E-state index contributed by atoms with van der Waals surface area (Å²) < 4.78 is 6.55. The van der Waals surface area contributed by atoms with Gasteiger partial charge in [-0.05, 0) is 40.0 Å². The van der Waals surface area contributed by atoms with Crippen molar-refractivity contribution in [2.75, 3.05) is 25.1 Å². The van der Waals surface area contributed by atoms with Crippen LogP contribution in [-0.2, 0) is 10.1 Å². The summed E-state index contributed by atoms with van der Waals surface area (Å²) >= 11 is 7.10. The van der Waals surface area contributed by atoms with Crippen LogP contribution in [0.3, 0.4) is 0 Å². The van der Waals surface area contributed by atoms with Gasteiger partial charge in [-0.1, -0.05) is 22.0 Å². The highest BCUT2D eigenvalue weighted by molar-refractivity contribution is 9.10. The fourth-order valence-corrected chi connectivity index (χ4v) is 3.06. The van der Waals surface area contributed by atoms with Crippen molar-refractivity contribution >= 4 is 37.5 Å². The lowest BCUT2D eigenvalue weighted by molar-refractivity contribution is 0.121. The first kappa shape index (κ1) is 12.4. The normalized spacial score (nSPS) is 20.4. The smallest absolute Gasteiger partial charge is 0.0762 e. The van der Waals surface area contributed by atoms with E-state index in [4.69, 9.17) is 4.74 Å². The molecule has 0 radical (unpaired) electrons. The molecule has 1 aliphatic rings. The van der Waals surface area contributed by atoms with Gasteiger partial charge in [0.25, 0.3) is 0 Å². The van der Waals surface area contributed by atoms with Gasteiger partial charge >= 0.3 is 0 Å². The van der Waals surface area contributed by atoms with Gasteiger partial charge in [-0.3, -0.25) is 0 Å². The number of hydrogen-bond donors (Lipinski definition) is 0. The Bertz CT molecular complexity index is 370. The molecule has 88 valence electrons. The largest absolute Gasteiger partial charge is 0.380 e. The van der Waals surface area contributed by atoms with Crippen molar-refractivity contribution in [3.63, 3.8) is 0 Å². The molecule has 0 amide bonds. The predicted molar refractivity (Wildman–Crippen MR) is 74.4 cm³/mol. The van der Waals surface area contributed by atoms with E-state index < -0.39 is 0 Å². The Morgan fingerprint density at radius 3 is 2.88 bits per heavy atom. The highest BCUT2D eigenvalue weighted by atomic mass is 79.9. The molecule has 4 heteroatoms. The van der Waals surface area contributed by atoms with Gasteiger partial charge in [0.1, 0.15) is 0 Å². The lowest BCUT2D eigenvalue weighted by Crippen LogP contribution is -2.22. The molecule has 1 atom stereocenters. The van der Waals surface area contributed by atoms with Gasteiger partial charge in [-0.25, -0.2) is 0 Å². The lowest BCUT2D eigenvalue weighted by atomic mass is 10.2. The van der Waals surface area contributed by atoms with Gasteiger partial charge < -0.3 is 9.64 Å². The van der Waals surface area contributed by atoms with Gasteiger partial charge in [0.05, 0.1) is 11.8 Å². The predicted octanol–water partition coefficient (Wildman–Crippen LogP) is 3.57. The van der Waals surface area contributed by atoms with Crippen LogP contribution in [0.4, 0.5) is 5.69 Å². The Morgan fingerprint density at radius 1 is 1.50 bits per heavy atom. The van der Waals surface area contributed by atoms with E-state index in [1.807, 2.05) is 0 Å². The molecular formula is C12H15Br2NO. The summed E-state index contributed by atoms with van der Waals surface area (Å²) in [5, 5.41) is 0.895. The lowest BCUT2D eigenvalue weighted by Gasteiger charge is -2.20. The van der Waals surface area contributed by atoms with E-state index in [-0.39, 0.29) is 0 Å². The summed E-state index contributed by atoms with van der Waals surface area (Å²) in [6.45, 7) is 2.06. The van der Waals surface area contributed by atoms with Crippen LogP contribution in [0.2, 0.25) is 0 Å². The van der Waals surface area contributed by atoms with Gasteiger partial charge in [-0.2, -0.15) is 0 Å². The summed E-state index contributed by atoms with van der Waals surface area (Å²) in [5.41, 5.74) is 2.56. The van der Waals surface area contributed by atoms with Crippen molar-refractivity contribution in [2.24, 2.45) is 0 Å². The molecule has 1 heterocycles. The van der Waals surface area contributed by atoms with Crippen molar-refractivity contribution < 1.29 is 4.74 Å². The molecule has 1 aromatic carbocycles. The van der Waals surface area contributed by atoms with Gasteiger partial charge in [-0.15, -0.1) is 0 Å². The van der Waals surface area contributed by atoms with E-state index in [0.29, 0.717) is 6.10 Å². The average molecular weight is 349 g/mol. The van der Waals surface area contributed by atoms with Crippen LogP contribution in [0.25, 0.3) is 0 Å². The minimum Gasteiger partial charge on any atom is -0.380 e. The Kier molecular flexibility index (Phi) is 4.27. The van der Waals surface area contributed by atoms with E-state index in [1.54, 1.807) is 7.11 Å². The Hall–Kier alpha value is -0.0600. The van der Waals surface area contributed by atoms with Crippen molar-refractivity contribution in [3.05, 3.63) is 28.2 Å². The summed E-state index contributed by atoms with van der Waals surface area (Å²) in [6.07, 6.45) is 1.49. The SMILES string of the molecule is COC1CCN(c2ccc(CBr)cc2Br)C1. The number of hydrogen-bond acceptors (Lipinski definition) is 2. The molecule has 0 N–H and O–H groups in total. The van der Waals surface area contributed by atoms with Crippen molar-refractivity contribution in [1.29, 1.82) is 0 Å². The number of methoxy groups -OCH3 is 1. The topological polar surface area (TPSA) is 12.5 Å². The molecule has 0 saturated carbocycles. The average Bonchev–Trinajstić information content (AvgIpc) is 2.77. The molecule has 0 aliphatic carbocycles. The van der Waals surface area contributed by atoms with Gasteiger partial charge in [0.2, 0.25) is 0 Å². The number of rotatable bonds is 3. The quantitative estimate of drug-likeness (QED) is 0.774. The number of ether oxygens (including phenoxy) is 1. The molecule has 0 aromatic heterocycles. The second-order valence-corrected chi connectivity index (χ2v) is 5.43. The van der Waals surface area contributed by atoms with Crippen LogP contribution in [0.5, 0.6) is 0 Å². The third-order valence-corrected chi connectivity index (χ3v) is 4.27. The molecule has 2 nitrogen and oxygen atoms in total. The zero-order valence-electron chi connectivity index (χ0n) is 9.25. The van der Waals surface area contributed by atoms with E-state index >= 15 is 0 Å². The number of nitrogens with zero attached hydrogens (tertiary/aromatic N) is 1. The number of anilines is 1. The summed E-state index contributed by atoms with van der Waals surface area (Å²) in [4.78, 5) is 2.37. The fraction of sp³-hybridized carbons (Fsp3) is 0.500. The van der Waals surface area contributed by atoms with Crippen LogP contribution < -0.4 is 4.90 Å². The third-order valence-electron chi connectivity index (χ3n) is 2.99. The second kappa shape index (κ2) is 5.52. The minimum absolute atomic E-state index is 0.378. The zero-order chi connectivity index (χ0) is 11.5. The third kappa shape index (κ3) is 2.60. The Balaban J connectivity index is 2.15. The van der Waals surface area contributed by atoms with Crippen LogP contribution in [0.15, 0.2) is 22.7 Å². The van der Waals surface area contributed by atoms with E-state index in [1.165, 1.54) is 15.7 Å². The summed E-state index contributed by atoms with van der Waals surface area (Å²) in [5.74, 6) is 0. The first-order chi connectivity index (χ1) is 7.74. The van der Waals surface area contributed by atoms with Crippen LogP contribution in [-0.4, -0.2) is 26.3 Å². The molecular weight excluding hydrogens is 334 g/mol. The second-order valence-electron chi connectivity index (χ2n) is 4.01. The van der Waals surface area contributed by atoms with Crippen LogP contribution in [0, 0.1) is 0 Å². The van der Waals surface area contributed by atoms with Gasteiger partial charge in [0, 0.05) is 30.0 Å². The molecule has 1 fully saturated rings.